The van der Waals surface area contributed by atoms with Crippen LogP contribution in [0.2, 0.25) is 5.02 Å². The molecule has 0 saturated heterocycles. The van der Waals surface area contributed by atoms with E-state index in [2.05, 4.69) is 16.0 Å². The van der Waals surface area contributed by atoms with Crippen LogP contribution in [-0.4, -0.2) is 44.4 Å². The summed E-state index contributed by atoms with van der Waals surface area (Å²) in [7, 11) is -3.41. The Kier molecular flexibility index (Phi) is 8.27. The van der Waals surface area contributed by atoms with Crippen molar-refractivity contribution in [3.8, 4) is 11.1 Å². The summed E-state index contributed by atoms with van der Waals surface area (Å²) < 4.78 is 24.1. The van der Waals surface area contributed by atoms with Crippen LogP contribution in [0.25, 0.3) is 11.1 Å². The minimum Gasteiger partial charge on any atom is -0.396 e. The quantitative estimate of drug-likeness (QED) is 0.372. The standard InChI is InChI=1S/C24H24ClN3O5S/c1-34(32,33)22-5-3-2-4-20(22)16-6-10-18(11-7-16)26-23(30)21(14-15-29)28-24(31)27-19-12-8-17(25)9-13-19/h2-13,21,29H,14-15H2,1H3,(H,26,30)(H2,27,28,31). The summed E-state index contributed by atoms with van der Waals surface area (Å²) in [5.41, 5.74) is 2.18. The van der Waals surface area contributed by atoms with Gasteiger partial charge in [0.15, 0.2) is 9.84 Å². The van der Waals surface area contributed by atoms with Gasteiger partial charge in [-0.15, -0.1) is 0 Å². The average Bonchev–Trinajstić information content (AvgIpc) is 2.80. The molecule has 0 bridgehead atoms. The second-order valence-electron chi connectivity index (χ2n) is 7.51. The lowest BCUT2D eigenvalue weighted by Gasteiger charge is -2.18. The van der Waals surface area contributed by atoms with Crippen LogP contribution in [0.15, 0.2) is 77.7 Å². The Morgan fingerprint density at radius 1 is 0.912 bits per heavy atom. The summed E-state index contributed by atoms with van der Waals surface area (Å²) in [5, 5.41) is 17.7. The van der Waals surface area contributed by atoms with E-state index in [1.165, 1.54) is 0 Å². The Labute approximate surface area is 202 Å². The molecule has 34 heavy (non-hydrogen) atoms. The maximum Gasteiger partial charge on any atom is 0.319 e. The van der Waals surface area contributed by atoms with Crippen LogP contribution in [0.3, 0.4) is 0 Å². The molecule has 0 spiro atoms. The monoisotopic (exact) mass is 501 g/mol. The first-order valence-electron chi connectivity index (χ1n) is 10.3. The molecule has 1 atom stereocenters. The summed E-state index contributed by atoms with van der Waals surface area (Å²) in [5.74, 6) is -0.510. The van der Waals surface area contributed by atoms with Gasteiger partial charge in [0, 0.05) is 34.8 Å². The van der Waals surface area contributed by atoms with E-state index in [4.69, 9.17) is 11.6 Å². The number of sulfone groups is 1. The van der Waals surface area contributed by atoms with Gasteiger partial charge in [-0.3, -0.25) is 4.79 Å². The van der Waals surface area contributed by atoms with E-state index in [9.17, 15) is 23.1 Å². The first-order valence-corrected chi connectivity index (χ1v) is 12.6. The summed E-state index contributed by atoms with van der Waals surface area (Å²) >= 11 is 5.83. The summed E-state index contributed by atoms with van der Waals surface area (Å²) in [4.78, 5) is 25.2. The fourth-order valence-electron chi connectivity index (χ4n) is 3.25. The van der Waals surface area contributed by atoms with Crippen LogP contribution in [0, 0.1) is 0 Å². The van der Waals surface area contributed by atoms with Crippen LogP contribution < -0.4 is 16.0 Å². The first kappa shape index (κ1) is 25.2. The smallest absolute Gasteiger partial charge is 0.319 e. The van der Waals surface area contributed by atoms with Gasteiger partial charge in [-0.2, -0.15) is 0 Å². The predicted molar refractivity (Wildman–Crippen MR) is 133 cm³/mol. The van der Waals surface area contributed by atoms with Gasteiger partial charge in [-0.1, -0.05) is 41.9 Å². The van der Waals surface area contributed by atoms with E-state index >= 15 is 0 Å². The summed E-state index contributed by atoms with van der Waals surface area (Å²) in [6.45, 7) is -0.305. The van der Waals surface area contributed by atoms with Gasteiger partial charge in [-0.25, -0.2) is 13.2 Å². The SMILES string of the molecule is CS(=O)(=O)c1ccccc1-c1ccc(NC(=O)C(CCO)NC(=O)Nc2ccc(Cl)cc2)cc1. The number of nitrogens with one attached hydrogen (secondary N) is 3. The number of benzene rings is 3. The molecule has 3 aromatic carbocycles. The molecular formula is C24H24ClN3O5S. The first-order chi connectivity index (χ1) is 16.2. The lowest BCUT2D eigenvalue weighted by atomic mass is 10.1. The van der Waals surface area contributed by atoms with Crippen LogP contribution in [0.4, 0.5) is 16.2 Å². The maximum absolute atomic E-state index is 12.7. The van der Waals surface area contributed by atoms with E-state index in [1.807, 2.05) is 0 Å². The fourth-order valence-corrected chi connectivity index (χ4v) is 4.28. The highest BCUT2D eigenvalue weighted by Gasteiger charge is 2.21. The van der Waals surface area contributed by atoms with Gasteiger partial charge in [0.2, 0.25) is 5.91 Å². The summed E-state index contributed by atoms with van der Waals surface area (Å²) in [6.07, 6.45) is 1.16. The van der Waals surface area contributed by atoms with E-state index in [0.29, 0.717) is 27.5 Å². The normalized spacial score (nSPS) is 12.0. The topological polar surface area (TPSA) is 125 Å². The second-order valence-corrected chi connectivity index (χ2v) is 9.93. The third-order valence-corrected chi connectivity index (χ3v) is 6.30. The highest BCUT2D eigenvalue weighted by molar-refractivity contribution is 7.90. The van der Waals surface area contributed by atoms with E-state index in [0.717, 1.165) is 6.26 Å². The number of carbonyl (C=O) groups excluding carboxylic acids is 2. The van der Waals surface area contributed by atoms with Crippen molar-refractivity contribution in [1.29, 1.82) is 0 Å². The van der Waals surface area contributed by atoms with Crippen LogP contribution in [0.5, 0.6) is 0 Å². The van der Waals surface area contributed by atoms with Crippen molar-refractivity contribution in [3.05, 3.63) is 77.8 Å². The van der Waals surface area contributed by atoms with Crippen LogP contribution in [0.1, 0.15) is 6.42 Å². The van der Waals surface area contributed by atoms with Gasteiger partial charge < -0.3 is 21.1 Å². The number of urea groups is 1. The van der Waals surface area contributed by atoms with Crippen molar-refractivity contribution in [2.45, 2.75) is 17.4 Å². The molecule has 0 radical (unpaired) electrons. The van der Waals surface area contributed by atoms with Crippen molar-refractivity contribution in [1.82, 2.24) is 5.32 Å². The number of halogens is 1. The minimum absolute atomic E-state index is 0.0136. The highest BCUT2D eigenvalue weighted by Crippen LogP contribution is 2.28. The van der Waals surface area contributed by atoms with Gasteiger partial charge in [0.1, 0.15) is 6.04 Å². The Morgan fingerprint density at radius 2 is 1.50 bits per heavy atom. The highest BCUT2D eigenvalue weighted by atomic mass is 35.5. The number of rotatable bonds is 8. The number of anilines is 2. The molecule has 0 aliphatic heterocycles. The van der Waals surface area contributed by atoms with Gasteiger partial charge >= 0.3 is 6.03 Å². The van der Waals surface area contributed by atoms with Gasteiger partial charge in [-0.05, 0) is 54.4 Å². The average molecular weight is 502 g/mol. The Morgan fingerprint density at radius 3 is 2.12 bits per heavy atom. The Balaban J connectivity index is 1.68. The van der Waals surface area contributed by atoms with E-state index in [-0.39, 0.29) is 17.9 Å². The van der Waals surface area contributed by atoms with Crippen LogP contribution >= 0.6 is 11.6 Å². The molecule has 0 fully saturated rings. The molecule has 10 heteroatoms. The van der Waals surface area contributed by atoms with Crippen molar-refractivity contribution >= 4 is 44.8 Å². The molecule has 3 rings (SSSR count). The number of carbonyl (C=O) groups is 2. The Bertz CT molecular complexity index is 1260. The predicted octanol–water partition coefficient (Wildman–Crippen LogP) is 3.92. The lowest BCUT2D eigenvalue weighted by Crippen LogP contribution is -2.46. The molecule has 178 valence electrons. The zero-order valence-electron chi connectivity index (χ0n) is 18.3. The largest absolute Gasteiger partial charge is 0.396 e. The number of aliphatic hydroxyl groups excluding tert-OH is 1. The maximum atomic E-state index is 12.7. The van der Waals surface area contributed by atoms with Crippen molar-refractivity contribution in [2.75, 3.05) is 23.5 Å². The molecule has 4 N–H and O–H groups in total. The molecule has 0 saturated carbocycles. The van der Waals surface area contributed by atoms with E-state index in [1.54, 1.807) is 72.8 Å². The lowest BCUT2D eigenvalue weighted by molar-refractivity contribution is -0.118. The number of amides is 3. The molecular weight excluding hydrogens is 478 g/mol. The van der Waals surface area contributed by atoms with Crippen molar-refractivity contribution < 1.29 is 23.1 Å². The number of hydrogen-bond acceptors (Lipinski definition) is 5. The van der Waals surface area contributed by atoms with Crippen molar-refractivity contribution in [3.63, 3.8) is 0 Å². The number of hydrogen-bond donors (Lipinski definition) is 4. The third kappa shape index (κ3) is 6.80. The molecule has 0 heterocycles. The summed E-state index contributed by atoms with van der Waals surface area (Å²) in [6, 6.07) is 18.2. The Hall–Kier alpha value is -3.40. The fraction of sp³-hybridized carbons (Fsp3) is 0.167. The molecule has 0 aliphatic carbocycles. The second kappa shape index (κ2) is 11.1. The molecule has 8 nitrogen and oxygen atoms in total. The zero-order chi connectivity index (χ0) is 24.7. The molecule has 0 aliphatic rings. The molecule has 3 amide bonds. The zero-order valence-corrected chi connectivity index (χ0v) is 19.9. The van der Waals surface area contributed by atoms with Crippen molar-refractivity contribution in [2.24, 2.45) is 0 Å². The minimum atomic E-state index is -3.41. The third-order valence-electron chi connectivity index (χ3n) is 4.89. The van der Waals surface area contributed by atoms with E-state index < -0.39 is 27.8 Å². The molecule has 1 unspecified atom stereocenters. The number of aliphatic hydroxyl groups is 1. The molecule has 0 aromatic heterocycles. The van der Waals surface area contributed by atoms with Gasteiger partial charge in [0.05, 0.1) is 4.90 Å². The molecule has 3 aromatic rings. The van der Waals surface area contributed by atoms with Gasteiger partial charge in [0.25, 0.3) is 0 Å². The van der Waals surface area contributed by atoms with Crippen LogP contribution in [-0.2, 0) is 14.6 Å².